The normalized spacial score (nSPS) is 12.0. The molecule has 0 bridgehead atoms. The SMILES string of the molecule is CS(=O)(=O)c1nc(N)n2nc(-c3cc(Br)ccc3Cl)nc2n1. The minimum absolute atomic E-state index is 0.0268. The molecule has 0 aliphatic carbocycles. The van der Waals surface area contributed by atoms with E-state index in [0.717, 1.165) is 15.2 Å². The molecule has 3 rings (SSSR count). The van der Waals surface area contributed by atoms with Crippen LogP contribution in [0.3, 0.4) is 0 Å². The minimum Gasteiger partial charge on any atom is -0.368 e. The third-order valence-electron chi connectivity index (χ3n) is 2.71. The Morgan fingerprint density at radius 2 is 2.00 bits per heavy atom. The summed E-state index contributed by atoms with van der Waals surface area (Å²) in [4.78, 5) is 11.7. The van der Waals surface area contributed by atoms with Crippen LogP contribution >= 0.6 is 27.5 Å². The standard InChI is InChI=1S/C11H8BrClN6O2S/c1-22(20,21)11-16-9(14)19-10(17-11)15-8(18-19)6-4-5(12)2-3-7(6)13/h2-4H,1H3,(H2,14,15,16,17,18). The first-order valence-corrected chi connectivity index (χ1v) is 8.88. The van der Waals surface area contributed by atoms with Crippen LogP contribution in [0.5, 0.6) is 0 Å². The number of nitrogens with two attached hydrogens (primary N) is 1. The van der Waals surface area contributed by atoms with Crippen molar-refractivity contribution in [3.63, 3.8) is 0 Å². The lowest BCUT2D eigenvalue weighted by Gasteiger charge is -1.99. The van der Waals surface area contributed by atoms with Crippen LogP contribution < -0.4 is 5.73 Å². The Labute approximate surface area is 138 Å². The highest BCUT2D eigenvalue weighted by molar-refractivity contribution is 9.10. The maximum atomic E-state index is 11.5. The first-order chi connectivity index (χ1) is 10.3. The van der Waals surface area contributed by atoms with Crippen molar-refractivity contribution in [3.05, 3.63) is 27.7 Å². The molecule has 3 aromatic rings. The average molecular weight is 404 g/mol. The topological polar surface area (TPSA) is 116 Å². The molecule has 0 saturated heterocycles. The Balaban J connectivity index is 2.26. The fourth-order valence-electron chi connectivity index (χ4n) is 1.73. The van der Waals surface area contributed by atoms with E-state index in [2.05, 4.69) is 36.0 Å². The van der Waals surface area contributed by atoms with Crippen molar-refractivity contribution in [1.29, 1.82) is 0 Å². The van der Waals surface area contributed by atoms with Crippen LogP contribution in [0.1, 0.15) is 0 Å². The summed E-state index contributed by atoms with van der Waals surface area (Å²) in [5.74, 6) is 0.159. The van der Waals surface area contributed by atoms with E-state index >= 15 is 0 Å². The van der Waals surface area contributed by atoms with Gasteiger partial charge in [-0.1, -0.05) is 27.5 Å². The van der Waals surface area contributed by atoms with Crippen molar-refractivity contribution in [3.8, 4) is 11.4 Å². The van der Waals surface area contributed by atoms with Gasteiger partial charge >= 0.3 is 0 Å². The molecule has 0 aliphatic heterocycles. The summed E-state index contributed by atoms with van der Waals surface area (Å²) < 4.78 is 25.0. The quantitative estimate of drug-likeness (QED) is 0.690. The smallest absolute Gasteiger partial charge is 0.258 e. The molecule has 0 spiro atoms. The van der Waals surface area contributed by atoms with Crippen LogP contribution in [-0.4, -0.2) is 39.2 Å². The molecule has 1 aromatic carbocycles. The second kappa shape index (κ2) is 5.14. The Kier molecular flexibility index (Phi) is 3.54. The van der Waals surface area contributed by atoms with Crippen LogP contribution in [0.25, 0.3) is 17.2 Å². The first kappa shape index (κ1) is 15.1. The summed E-state index contributed by atoms with van der Waals surface area (Å²) in [5.41, 5.74) is 6.27. The fourth-order valence-corrected chi connectivity index (χ4v) is 2.80. The third kappa shape index (κ3) is 2.64. The number of nitrogen functional groups attached to an aromatic ring is 1. The van der Waals surface area contributed by atoms with Gasteiger partial charge in [0.25, 0.3) is 10.9 Å². The number of hydrogen-bond acceptors (Lipinski definition) is 7. The molecule has 8 nitrogen and oxygen atoms in total. The highest BCUT2D eigenvalue weighted by Gasteiger charge is 2.18. The van der Waals surface area contributed by atoms with Gasteiger partial charge in [-0.05, 0) is 18.2 Å². The van der Waals surface area contributed by atoms with Crippen LogP contribution in [0, 0.1) is 0 Å². The number of halogens is 2. The maximum Gasteiger partial charge on any atom is 0.258 e. The minimum atomic E-state index is -3.60. The predicted molar refractivity (Wildman–Crippen MR) is 84.2 cm³/mol. The molecule has 2 heterocycles. The molecule has 0 fully saturated rings. The van der Waals surface area contributed by atoms with E-state index in [9.17, 15) is 8.42 Å². The molecular weight excluding hydrogens is 396 g/mol. The Bertz CT molecular complexity index is 1000. The molecule has 2 aromatic heterocycles. The number of aromatic nitrogens is 5. The van der Waals surface area contributed by atoms with Gasteiger partial charge in [0, 0.05) is 16.3 Å². The molecule has 0 saturated carbocycles. The molecule has 0 unspecified atom stereocenters. The zero-order valence-electron chi connectivity index (χ0n) is 11.0. The van der Waals surface area contributed by atoms with Crippen molar-refractivity contribution in [2.24, 2.45) is 0 Å². The zero-order chi connectivity index (χ0) is 16.1. The maximum absolute atomic E-state index is 11.5. The van der Waals surface area contributed by atoms with E-state index in [4.69, 9.17) is 17.3 Å². The number of fused-ring (bicyclic) bond motifs is 1. The van der Waals surface area contributed by atoms with Crippen LogP contribution in [-0.2, 0) is 9.84 Å². The lowest BCUT2D eigenvalue weighted by atomic mass is 10.2. The number of sulfone groups is 1. The Hall–Kier alpha value is -1.78. The monoisotopic (exact) mass is 402 g/mol. The van der Waals surface area contributed by atoms with Gasteiger partial charge in [-0.2, -0.15) is 19.5 Å². The second-order valence-electron chi connectivity index (χ2n) is 4.41. The van der Waals surface area contributed by atoms with Crippen molar-refractivity contribution >= 4 is 49.1 Å². The van der Waals surface area contributed by atoms with Crippen molar-refractivity contribution in [2.45, 2.75) is 5.16 Å². The van der Waals surface area contributed by atoms with Gasteiger partial charge in [0.2, 0.25) is 15.8 Å². The fraction of sp³-hybridized carbons (Fsp3) is 0.0909. The Morgan fingerprint density at radius 3 is 2.68 bits per heavy atom. The number of rotatable bonds is 2. The lowest BCUT2D eigenvalue weighted by molar-refractivity contribution is 0.592. The number of anilines is 1. The molecule has 0 atom stereocenters. The van der Waals surface area contributed by atoms with Crippen molar-refractivity contribution < 1.29 is 8.42 Å². The Morgan fingerprint density at radius 1 is 1.27 bits per heavy atom. The summed E-state index contributed by atoms with van der Waals surface area (Å²) in [6.45, 7) is 0. The van der Waals surface area contributed by atoms with E-state index in [1.807, 2.05) is 0 Å². The van der Waals surface area contributed by atoms with E-state index in [0.29, 0.717) is 10.6 Å². The number of benzene rings is 1. The summed E-state index contributed by atoms with van der Waals surface area (Å²) in [6, 6.07) is 5.19. The van der Waals surface area contributed by atoms with Gasteiger partial charge in [0.1, 0.15) is 0 Å². The van der Waals surface area contributed by atoms with Gasteiger partial charge in [0.05, 0.1) is 5.02 Å². The summed E-state index contributed by atoms with van der Waals surface area (Å²) in [5, 5.41) is 4.20. The highest BCUT2D eigenvalue weighted by Crippen LogP contribution is 2.29. The van der Waals surface area contributed by atoms with Gasteiger partial charge in [-0.25, -0.2) is 8.42 Å². The van der Waals surface area contributed by atoms with Gasteiger partial charge in [-0.3, -0.25) is 0 Å². The van der Waals surface area contributed by atoms with E-state index < -0.39 is 15.0 Å². The van der Waals surface area contributed by atoms with E-state index in [1.165, 1.54) is 0 Å². The van der Waals surface area contributed by atoms with Gasteiger partial charge in [0.15, 0.2) is 5.82 Å². The lowest BCUT2D eigenvalue weighted by Crippen LogP contribution is -2.11. The van der Waals surface area contributed by atoms with Crippen LogP contribution in [0.15, 0.2) is 27.8 Å². The zero-order valence-corrected chi connectivity index (χ0v) is 14.2. The molecule has 0 radical (unpaired) electrons. The van der Waals surface area contributed by atoms with E-state index in [1.54, 1.807) is 18.2 Å². The summed E-state index contributed by atoms with van der Waals surface area (Å²) in [6.07, 6.45) is 0.987. The van der Waals surface area contributed by atoms with Crippen molar-refractivity contribution in [2.75, 3.05) is 12.0 Å². The summed E-state index contributed by atoms with van der Waals surface area (Å²) in [7, 11) is -3.60. The molecule has 0 amide bonds. The predicted octanol–water partition coefficient (Wildman–Crippen LogP) is 1.59. The van der Waals surface area contributed by atoms with Crippen LogP contribution in [0.4, 0.5) is 5.95 Å². The molecule has 11 heteroatoms. The molecule has 22 heavy (non-hydrogen) atoms. The van der Waals surface area contributed by atoms with Crippen molar-refractivity contribution in [1.82, 2.24) is 24.6 Å². The largest absolute Gasteiger partial charge is 0.368 e. The first-order valence-electron chi connectivity index (χ1n) is 5.81. The highest BCUT2D eigenvalue weighted by atomic mass is 79.9. The molecular formula is C11H8BrClN6O2S. The average Bonchev–Trinajstić information content (AvgIpc) is 2.85. The van der Waals surface area contributed by atoms with Crippen LogP contribution in [0.2, 0.25) is 5.02 Å². The van der Waals surface area contributed by atoms with Gasteiger partial charge in [-0.15, -0.1) is 5.10 Å². The van der Waals surface area contributed by atoms with E-state index in [-0.39, 0.29) is 17.6 Å². The second-order valence-corrected chi connectivity index (χ2v) is 7.64. The molecule has 0 aliphatic rings. The third-order valence-corrected chi connectivity index (χ3v) is 4.38. The molecule has 114 valence electrons. The number of nitrogens with zero attached hydrogens (tertiary/aromatic N) is 5. The van der Waals surface area contributed by atoms with Gasteiger partial charge < -0.3 is 5.73 Å². The number of hydrogen-bond donors (Lipinski definition) is 1. The summed E-state index contributed by atoms with van der Waals surface area (Å²) >= 11 is 9.47. The molecule has 2 N–H and O–H groups in total.